The number of rotatable bonds is 4. The molecule has 0 saturated carbocycles. The molecule has 0 fully saturated rings. The Balaban J connectivity index is 1.50. The van der Waals surface area contributed by atoms with Gasteiger partial charge in [0.1, 0.15) is 0 Å². The predicted molar refractivity (Wildman–Crippen MR) is 98.4 cm³/mol. The van der Waals surface area contributed by atoms with E-state index in [9.17, 15) is 0 Å². The largest absolute Gasteiger partial charge is 0.321 e. The standard InChI is InChI=1S/C15H14N10S/c1-2-23-9-10(6-17-23)19-15-16-8-13-14(20-15)25(22-21-13)11-3-4-24-12(5-11)7-18-26-24/h3-9,18H,2H2,1H3,(H,16,19,20). The van der Waals surface area contributed by atoms with Crippen molar-refractivity contribution in [2.24, 2.45) is 0 Å². The lowest BCUT2D eigenvalue weighted by molar-refractivity contribution is 0.660. The summed E-state index contributed by atoms with van der Waals surface area (Å²) in [6.45, 7) is 2.84. The number of aromatic nitrogens is 7. The van der Waals surface area contributed by atoms with Crippen LogP contribution in [0, 0.1) is 0 Å². The van der Waals surface area contributed by atoms with Crippen molar-refractivity contribution >= 4 is 40.6 Å². The molecule has 26 heavy (non-hydrogen) atoms. The van der Waals surface area contributed by atoms with E-state index in [0.29, 0.717) is 17.1 Å². The molecule has 10 nitrogen and oxygen atoms in total. The average molecular weight is 366 g/mol. The van der Waals surface area contributed by atoms with Gasteiger partial charge in [0.05, 0.1) is 41.6 Å². The van der Waals surface area contributed by atoms with Gasteiger partial charge in [0, 0.05) is 25.1 Å². The van der Waals surface area contributed by atoms with Gasteiger partial charge >= 0.3 is 0 Å². The lowest BCUT2D eigenvalue weighted by Gasteiger charge is -2.17. The van der Waals surface area contributed by atoms with Gasteiger partial charge in [-0.3, -0.25) is 8.99 Å². The summed E-state index contributed by atoms with van der Waals surface area (Å²) in [6.07, 6.45) is 13.2. The summed E-state index contributed by atoms with van der Waals surface area (Å²) in [6, 6.07) is 0. The third-order valence-electron chi connectivity index (χ3n) is 3.94. The minimum Gasteiger partial charge on any atom is -0.321 e. The highest BCUT2D eigenvalue weighted by Crippen LogP contribution is 2.29. The third-order valence-corrected chi connectivity index (χ3v) is 4.69. The molecule has 0 bridgehead atoms. The molecule has 0 unspecified atom stereocenters. The molecule has 0 aromatic carbocycles. The van der Waals surface area contributed by atoms with Crippen LogP contribution < -0.4 is 10.0 Å². The molecule has 0 amide bonds. The molecule has 5 heterocycles. The molecule has 2 aliphatic heterocycles. The maximum atomic E-state index is 4.58. The molecule has 3 aromatic heterocycles. The fraction of sp³-hybridized carbons (Fsp3) is 0.133. The van der Waals surface area contributed by atoms with Crippen molar-refractivity contribution in [3.63, 3.8) is 0 Å². The average Bonchev–Trinajstić information content (AvgIpc) is 3.40. The maximum Gasteiger partial charge on any atom is 0.229 e. The van der Waals surface area contributed by atoms with Gasteiger partial charge in [-0.2, -0.15) is 14.8 Å². The Kier molecular flexibility index (Phi) is 3.38. The molecule has 11 heteroatoms. The molecule has 3 aromatic rings. The van der Waals surface area contributed by atoms with Crippen LogP contribution in [0.25, 0.3) is 16.9 Å². The van der Waals surface area contributed by atoms with Crippen LogP contribution in [-0.4, -0.2) is 39.0 Å². The number of hydrogen-bond donors (Lipinski definition) is 2. The molecule has 0 atom stereocenters. The maximum absolute atomic E-state index is 4.58. The van der Waals surface area contributed by atoms with Crippen molar-refractivity contribution in [1.29, 1.82) is 0 Å². The SMILES string of the molecule is CCn1cc(Nc2ncc3nnn(C4=CC5=CNSN5C=C4)c3n2)cn1. The second-order valence-electron chi connectivity index (χ2n) is 5.60. The molecule has 130 valence electrons. The van der Waals surface area contributed by atoms with E-state index < -0.39 is 0 Å². The molecule has 0 aliphatic carbocycles. The lowest BCUT2D eigenvalue weighted by atomic mass is 10.2. The van der Waals surface area contributed by atoms with Crippen LogP contribution >= 0.6 is 12.1 Å². The highest BCUT2D eigenvalue weighted by atomic mass is 32.2. The number of nitrogens with zero attached hydrogens (tertiary/aromatic N) is 8. The first-order valence-electron chi connectivity index (χ1n) is 8.00. The Bertz CT molecular complexity index is 1080. The van der Waals surface area contributed by atoms with E-state index in [-0.39, 0.29) is 0 Å². The number of allylic oxidation sites excluding steroid dienone is 3. The molecule has 0 radical (unpaired) electrons. The first kappa shape index (κ1) is 15.0. The first-order chi connectivity index (χ1) is 12.8. The topological polar surface area (TPSA) is 102 Å². The summed E-state index contributed by atoms with van der Waals surface area (Å²) in [5, 5.41) is 15.8. The predicted octanol–water partition coefficient (Wildman–Crippen LogP) is 1.86. The number of fused-ring (bicyclic) bond motifs is 2. The minimum absolute atomic E-state index is 0.469. The number of aryl methyl sites for hydroxylation is 1. The summed E-state index contributed by atoms with van der Waals surface area (Å²) >= 11 is 1.51. The Morgan fingerprint density at radius 2 is 2.23 bits per heavy atom. The van der Waals surface area contributed by atoms with Crippen LogP contribution in [0.15, 0.2) is 48.8 Å². The fourth-order valence-electron chi connectivity index (χ4n) is 2.65. The van der Waals surface area contributed by atoms with Crippen LogP contribution in [0.3, 0.4) is 0 Å². The van der Waals surface area contributed by atoms with Crippen molar-refractivity contribution < 1.29 is 0 Å². The molecule has 2 N–H and O–H groups in total. The Labute approximate surface area is 152 Å². The van der Waals surface area contributed by atoms with Crippen LogP contribution in [0.5, 0.6) is 0 Å². The van der Waals surface area contributed by atoms with Crippen LogP contribution in [-0.2, 0) is 6.54 Å². The van der Waals surface area contributed by atoms with E-state index in [1.165, 1.54) is 12.1 Å². The van der Waals surface area contributed by atoms with E-state index in [0.717, 1.165) is 23.6 Å². The van der Waals surface area contributed by atoms with Gasteiger partial charge in [0.2, 0.25) is 5.95 Å². The summed E-state index contributed by atoms with van der Waals surface area (Å²) in [5.74, 6) is 0.469. The van der Waals surface area contributed by atoms with Crippen molar-refractivity contribution in [2.75, 3.05) is 5.32 Å². The summed E-state index contributed by atoms with van der Waals surface area (Å²) in [7, 11) is 0. The van der Waals surface area contributed by atoms with E-state index in [1.54, 1.807) is 17.1 Å². The van der Waals surface area contributed by atoms with E-state index in [4.69, 9.17) is 0 Å². The highest BCUT2D eigenvalue weighted by Gasteiger charge is 2.19. The highest BCUT2D eigenvalue weighted by molar-refractivity contribution is 7.95. The summed E-state index contributed by atoms with van der Waals surface area (Å²) in [5.41, 5.74) is 4.01. The second kappa shape index (κ2) is 5.88. The van der Waals surface area contributed by atoms with Crippen molar-refractivity contribution in [3.8, 4) is 0 Å². The first-order valence-corrected chi connectivity index (χ1v) is 8.77. The zero-order chi connectivity index (χ0) is 17.5. The third kappa shape index (κ3) is 2.49. The number of anilines is 2. The molecule has 5 rings (SSSR count). The summed E-state index contributed by atoms with van der Waals surface area (Å²) < 4.78 is 8.66. The van der Waals surface area contributed by atoms with Gasteiger partial charge < -0.3 is 10.0 Å². The summed E-state index contributed by atoms with van der Waals surface area (Å²) in [4.78, 5) is 8.88. The lowest BCUT2D eigenvalue weighted by Crippen LogP contribution is -2.10. The van der Waals surface area contributed by atoms with Gasteiger partial charge in [0.25, 0.3) is 0 Å². The molecule has 0 spiro atoms. The molecule has 2 aliphatic rings. The van der Waals surface area contributed by atoms with Crippen molar-refractivity contribution in [3.05, 3.63) is 48.8 Å². The van der Waals surface area contributed by atoms with Crippen LogP contribution in [0.2, 0.25) is 0 Å². The number of nitrogens with one attached hydrogen (secondary N) is 2. The zero-order valence-corrected chi connectivity index (χ0v) is 14.6. The molecular formula is C15H14N10S. The fourth-order valence-corrected chi connectivity index (χ4v) is 3.27. The number of hydrogen-bond acceptors (Lipinski definition) is 9. The van der Waals surface area contributed by atoms with Gasteiger partial charge in [-0.05, 0) is 19.1 Å². The normalized spacial score (nSPS) is 15.7. The van der Waals surface area contributed by atoms with Crippen LogP contribution in [0.4, 0.5) is 11.6 Å². The van der Waals surface area contributed by atoms with E-state index in [1.807, 2.05) is 46.7 Å². The van der Waals surface area contributed by atoms with Gasteiger partial charge in [-0.15, -0.1) is 5.10 Å². The Morgan fingerprint density at radius 1 is 1.27 bits per heavy atom. The van der Waals surface area contributed by atoms with E-state index >= 15 is 0 Å². The van der Waals surface area contributed by atoms with Gasteiger partial charge in [-0.1, -0.05) is 5.21 Å². The van der Waals surface area contributed by atoms with Crippen molar-refractivity contribution in [2.45, 2.75) is 13.5 Å². The van der Waals surface area contributed by atoms with Gasteiger partial charge in [-0.25, -0.2) is 4.98 Å². The van der Waals surface area contributed by atoms with Gasteiger partial charge in [0.15, 0.2) is 11.2 Å². The molecule has 0 saturated heterocycles. The van der Waals surface area contributed by atoms with E-state index in [2.05, 4.69) is 35.4 Å². The Morgan fingerprint density at radius 3 is 3.12 bits per heavy atom. The van der Waals surface area contributed by atoms with Crippen LogP contribution in [0.1, 0.15) is 6.92 Å². The quantitative estimate of drug-likeness (QED) is 0.670. The minimum atomic E-state index is 0.469. The smallest absolute Gasteiger partial charge is 0.229 e. The molecular weight excluding hydrogens is 352 g/mol. The second-order valence-corrected chi connectivity index (χ2v) is 6.41. The van der Waals surface area contributed by atoms with Crippen molar-refractivity contribution in [1.82, 2.24) is 43.8 Å². The zero-order valence-electron chi connectivity index (χ0n) is 13.7. The monoisotopic (exact) mass is 366 g/mol. The Hall–Kier alpha value is -3.34.